The molecular formula is C14H18N4O2. The van der Waals surface area contributed by atoms with Crippen molar-refractivity contribution in [2.75, 3.05) is 12.8 Å². The van der Waals surface area contributed by atoms with Crippen LogP contribution in [0.15, 0.2) is 17.5 Å². The van der Waals surface area contributed by atoms with Gasteiger partial charge in [0.25, 0.3) is 0 Å². The number of nitrogen functional groups attached to an aromatic ring is 1. The van der Waals surface area contributed by atoms with Crippen molar-refractivity contribution in [3.8, 4) is 0 Å². The van der Waals surface area contributed by atoms with E-state index in [0.29, 0.717) is 11.9 Å². The molecule has 0 saturated carbocycles. The molecule has 1 aromatic heterocycles. The Morgan fingerprint density at radius 2 is 2.25 bits per heavy atom. The Bertz CT molecular complexity index is 575. The highest BCUT2D eigenvalue weighted by Crippen LogP contribution is 2.32. The lowest BCUT2D eigenvalue weighted by Gasteiger charge is -2.29. The van der Waals surface area contributed by atoms with Crippen LogP contribution in [0.5, 0.6) is 0 Å². The molecule has 0 spiro atoms. The third-order valence-electron chi connectivity index (χ3n) is 3.83. The molecule has 0 saturated heterocycles. The molecule has 0 fully saturated rings. The van der Waals surface area contributed by atoms with Crippen molar-refractivity contribution < 1.29 is 9.57 Å². The Morgan fingerprint density at radius 1 is 1.40 bits per heavy atom. The molecule has 1 aliphatic heterocycles. The lowest BCUT2D eigenvalue weighted by molar-refractivity contribution is 0.108. The van der Waals surface area contributed by atoms with E-state index in [4.69, 9.17) is 15.3 Å². The molecule has 2 N–H and O–H groups in total. The smallest absolute Gasteiger partial charge is 0.220 e. The van der Waals surface area contributed by atoms with Crippen LogP contribution in [0.1, 0.15) is 29.8 Å². The first kappa shape index (κ1) is 12.9. The van der Waals surface area contributed by atoms with Crippen molar-refractivity contribution in [3.63, 3.8) is 0 Å². The summed E-state index contributed by atoms with van der Waals surface area (Å²) in [7, 11) is 1.55. The third-order valence-corrected chi connectivity index (χ3v) is 3.83. The van der Waals surface area contributed by atoms with Crippen LogP contribution < -0.4 is 5.73 Å². The van der Waals surface area contributed by atoms with Crippen LogP contribution in [-0.2, 0) is 16.0 Å². The van der Waals surface area contributed by atoms with Crippen LogP contribution in [0.25, 0.3) is 0 Å². The minimum Gasteiger partial charge on any atom is -0.498 e. The molecule has 0 amide bonds. The summed E-state index contributed by atoms with van der Waals surface area (Å²) in [4.78, 5) is 13.6. The molecule has 1 aromatic rings. The van der Waals surface area contributed by atoms with Crippen LogP contribution in [0.3, 0.4) is 0 Å². The summed E-state index contributed by atoms with van der Waals surface area (Å²) in [5.74, 6) is 0.643. The predicted octanol–water partition coefficient (Wildman–Crippen LogP) is 1.58. The van der Waals surface area contributed by atoms with Crippen LogP contribution in [0, 0.1) is 12.8 Å². The quantitative estimate of drug-likeness (QED) is 0.828. The summed E-state index contributed by atoms with van der Waals surface area (Å²) < 4.78 is 5.64. The number of fused-ring (bicyclic) bond motifs is 1. The summed E-state index contributed by atoms with van der Waals surface area (Å²) in [5, 5.41) is 4.16. The first-order valence-corrected chi connectivity index (χ1v) is 6.73. The topological polar surface area (TPSA) is 82.6 Å². The maximum absolute atomic E-state index is 5.76. The molecule has 0 radical (unpaired) electrons. The molecular weight excluding hydrogens is 256 g/mol. The zero-order valence-electron chi connectivity index (χ0n) is 11.7. The zero-order chi connectivity index (χ0) is 14.1. The maximum atomic E-state index is 5.76. The van der Waals surface area contributed by atoms with Crippen molar-refractivity contribution in [3.05, 3.63) is 29.3 Å². The maximum Gasteiger partial charge on any atom is 0.220 e. The van der Waals surface area contributed by atoms with E-state index in [1.807, 2.05) is 13.0 Å². The lowest BCUT2D eigenvalue weighted by atomic mass is 9.81. The van der Waals surface area contributed by atoms with Gasteiger partial charge in [-0.2, -0.15) is 0 Å². The fourth-order valence-electron chi connectivity index (χ4n) is 3.01. The summed E-state index contributed by atoms with van der Waals surface area (Å²) in [5.41, 5.74) is 9.42. The highest BCUT2D eigenvalue weighted by atomic mass is 16.6. The normalized spacial score (nSPS) is 26.4. The second kappa shape index (κ2) is 5.11. The number of nitrogens with two attached hydrogens (primary N) is 1. The fourth-order valence-corrected chi connectivity index (χ4v) is 3.01. The predicted molar refractivity (Wildman–Crippen MR) is 75.2 cm³/mol. The van der Waals surface area contributed by atoms with Gasteiger partial charge in [0.2, 0.25) is 5.95 Å². The Hall–Kier alpha value is -2.11. The molecule has 6 nitrogen and oxygen atoms in total. The Labute approximate surface area is 117 Å². The molecule has 0 bridgehead atoms. The first-order valence-electron chi connectivity index (χ1n) is 6.73. The Morgan fingerprint density at radius 3 is 2.95 bits per heavy atom. The number of nitrogens with zero attached hydrogens (tertiary/aromatic N) is 3. The van der Waals surface area contributed by atoms with E-state index in [1.165, 1.54) is 0 Å². The zero-order valence-corrected chi connectivity index (χ0v) is 11.7. The Kier molecular flexibility index (Phi) is 3.30. The van der Waals surface area contributed by atoms with E-state index < -0.39 is 0 Å². The highest BCUT2D eigenvalue weighted by Gasteiger charge is 2.34. The molecule has 0 aromatic carbocycles. The van der Waals surface area contributed by atoms with Gasteiger partial charge < -0.3 is 15.3 Å². The number of ether oxygens (including phenoxy) is 1. The number of aryl methyl sites for hydroxylation is 1. The SMILES string of the molecule is CO/N=C1\CC(C2CC=CO2)Cc2nc(N)nc(C)c21. The van der Waals surface area contributed by atoms with E-state index >= 15 is 0 Å². The van der Waals surface area contributed by atoms with Gasteiger partial charge in [-0.15, -0.1) is 0 Å². The highest BCUT2D eigenvalue weighted by molar-refractivity contribution is 6.03. The number of aromatic nitrogens is 2. The van der Waals surface area contributed by atoms with Crippen molar-refractivity contribution in [1.82, 2.24) is 9.97 Å². The molecule has 2 unspecified atom stereocenters. The summed E-state index contributed by atoms with van der Waals surface area (Å²) in [6.07, 6.45) is 6.57. The van der Waals surface area contributed by atoms with Gasteiger partial charge in [-0.25, -0.2) is 9.97 Å². The molecule has 2 aliphatic rings. The molecule has 1 aliphatic carbocycles. The van der Waals surface area contributed by atoms with Gasteiger partial charge in [-0.1, -0.05) is 5.16 Å². The van der Waals surface area contributed by atoms with Crippen molar-refractivity contribution in [2.24, 2.45) is 11.1 Å². The Balaban J connectivity index is 1.99. The summed E-state index contributed by atoms with van der Waals surface area (Å²) in [6.45, 7) is 1.93. The van der Waals surface area contributed by atoms with E-state index in [0.717, 1.165) is 41.9 Å². The minimum absolute atomic E-state index is 0.182. The van der Waals surface area contributed by atoms with Gasteiger partial charge in [0.15, 0.2) is 0 Å². The number of hydrogen-bond acceptors (Lipinski definition) is 6. The van der Waals surface area contributed by atoms with Crippen LogP contribution >= 0.6 is 0 Å². The van der Waals surface area contributed by atoms with Crippen LogP contribution in [-0.4, -0.2) is 28.9 Å². The van der Waals surface area contributed by atoms with Gasteiger partial charge in [-0.05, 0) is 19.4 Å². The second-order valence-corrected chi connectivity index (χ2v) is 5.16. The van der Waals surface area contributed by atoms with Crippen molar-refractivity contribution >= 4 is 11.7 Å². The summed E-state index contributed by atoms with van der Waals surface area (Å²) in [6, 6.07) is 0. The van der Waals surface area contributed by atoms with Crippen molar-refractivity contribution in [2.45, 2.75) is 32.3 Å². The minimum atomic E-state index is 0.182. The fraction of sp³-hybridized carbons (Fsp3) is 0.500. The second-order valence-electron chi connectivity index (χ2n) is 5.16. The van der Waals surface area contributed by atoms with E-state index in [1.54, 1.807) is 13.4 Å². The van der Waals surface area contributed by atoms with Gasteiger partial charge in [-0.3, -0.25) is 0 Å². The third kappa shape index (κ3) is 2.21. The number of anilines is 1. The van der Waals surface area contributed by atoms with Gasteiger partial charge in [0, 0.05) is 24.3 Å². The molecule has 20 heavy (non-hydrogen) atoms. The van der Waals surface area contributed by atoms with E-state index in [-0.39, 0.29) is 6.10 Å². The summed E-state index contributed by atoms with van der Waals surface area (Å²) >= 11 is 0. The van der Waals surface area contributed by atoms with Gasteiger partial charge in [0.1, 0.15) is 13.2 Å². The largest absolute Gasteiger partial charge is 0.498 e. The number of oxime groups is 1. The number of rotatable bonds is 2. The van der Waals surface area contributed by atoms with Crippen molar-refractivity contribution in [1.29, 1.82) is 0 Å². The molecule has 6 heteroatoms. The van der Waals surface area contributed by atoms with Gasteiger partial charge in [0.05, 0.1) is 23.4 Å². The van der Waals surface area contributed by atoms with E-state index in [2.05, 4.69) is 15.1 Å². The molecule has 2 atom stereocenters. The van der Waals surface area contributed by atoms with Crippen LogP contribution in [0.2, 0.25) is 0 Å². The average Bonchev–Trinajstić information content (AvgIpc) is 2.91. The standard InChI is InChI=1S/C14H18N4O2/c1-8-13-10(17-14(15)16-8)6-9(7-11(13)18-19-2)12-4-3-5-20-12/h3,5,9,12H,4,6-7H2,1-2H3,(H2,15,16,17)/b18-11+. The lowest BCUT2D eigenvalue weighted by Crippen LogP contribution is -2.31. The molecule has 3 rings (SSSR count). The van der Waals surface area contributed by atoms with Crippen LogP contribution in [0.4, 0.5) is 5.95 Å². The average molecular weight is 274 g/mol. The number of hydrogen-bond donors (Lipinski definition) is 1. The first-order chi connectivity index (χ1) is 9.69. The molecule has 106 valence electrons. The monoisotopic (exact) mass is 274 g/mol. The van der Waals surface area contributed by atoms with E-state index in [9.17, 15) is 0 Å². The molecule has 2 heterocycles. The van der Waals surface area contributed by atoms with Gasteiger partial charge >= 0.3 is 0 Å².